The first-order valence-corrected chi connectivity index (χ1v) is 11.1. The lowest BCUT2D eigenvalue weighted by Gasteiger charge is -2.35. The average Bonchev–Trinajstić information content (AvgIpc) is 3.02. The zero-order valence-corrected chi connectivity index (χ0v) is 14.8. The first-order chi connectivity index (χ1) is 11.1. The van der Waals surface area contributed by atoms with Crippen LogP contribution in [0.1, 0.15) is 57.8 Å². The Hall–Kier alpha value is -0.620. The number of hydrogen-bond donors (Lipinski definition) is 1. The fourth-order valence-electron chi connectivity index (χ4n) is 4.49. The number of likely N-dealkylation sites (tertiary alicyclic amines) is 1. The van der Waals surface area contributed by atoms with E-state index < -0.39 is 9.84 Å². The van der Waals surface area contributed by atoms with Gasteiger partial charge in [-0.2, -0.15) is 0 Å². The second kappa shape index (κ2) is 7.51. The van der Waals surface area contributed by atoms with Crippen molar-refractivity contribution < 1.29 is 13.2 Å². The Morgan fingerprint density at radius 1 is 0.957 bits per heavy atom. The molecule has 1 amide bonds. The van der Waals surface area contributed by atoms with Gasteiger partial charge in [-0.15, -0.1) is 0 Å². The number of amides is 1. The van der Waals surface area contributed by atoms with E-state index in [4.69, 9.17) is 0 Å². The summed E-state index contributed by atoms with van der Waals surface area (Å²) < 4.78 is 22.9. The maximum atomic E-state index is 12.3. The summed E-state index contributed by atoms with van der Waals surface area (Å²) >= 11 is 0. The lowest BCUT2D eigenvalue weighted by atomic mass is 9.93. The molecule has 6 heteroatoms. The van der Waals surface area contributed by atoms with Crippen LogP contribution in [0, 0.1) is 5.92 Å². The van der Waals surface area contributed by atoms with Crippen molar-refractivity contribution in [2.75, 3.05) is 24.6 Å². The first kappa shape index (κ1) is 17.2. The summed E-state index contributed by atoms with van der Waals surface area (Å²) in [6, 6.07) is 1.20. The van der Waals surface area contributed by atoms with Crippen LogP contribution in [0.4, 0.5) is 0 Å². The van der Waals surface area contributed by atoms with E-state index >= 15 is 0 Å². The van der Waals surface area contributed by atoms with Gasteiger partial charge in [0.25, 0.3) is 0 Å². The van der Waals surface area contributed by atoms with Gasteiger partial charge in [0.2, 0.25) is 5.91 Å². The van der Waals surface area contributed by atoms with E-state index in [1.807, 2.05) is 0 Å². The van der Waals surface area contributed by atoms with E-state index in [2.05, 4.69) is 10.2 Å². The summed E-state index contributed by atoms with van der Waals surface area (Å²) in [5.74, 6) is 0.296. The number of nitrogens with one attached hydrogen (secondary N) is 1. The molecular weight excluding hydrogens is 312 g/mol. The highest BCUT2D eigenvalue weighted by Crippen LogP contribution is 2.29. The van der Waals surface area contributed by atoms with Crippen LogP contribution in [0.3, 0.4) is 0 Å². The monoisotopic (exact) mass is 342 g/mol. The van der Waals surface area contributed by atoms with E-state index in [9.17, 15) is 13.2 Å². The molecule has 2 heterocycles. The molecule has 0 spiro atoms. The smallest absolute Gasteiger partial charge is 0.223 e. The van der Waals surface area contributed by atoms with Crippen molar-refractivity contribution in [3.8, 4) is 0 Å². The molecule has 1 atom stereocenters. The van der Waals surface area contributed by atoms with E-state index in [1.165, 1.54) is 51.5 Å². The zero-order chi connectivity index (χ0) is 16.3. The van der Waals surface area contributed by atoms with Gasteiger partial charge in [0.15, 0.2) is 0 Å². The molecule has 3 aliphatic rings. The van der Waals surface area contributed by atoms with Crippen molar-refractivity contribution in [2.24, 2.45) is 5.92 Å². The largest absolute Gasteiger partial charge is 0.354 e. The zero-order valence-electron chi connectivity index (χ0n) is 14.0. The fraction of sp³-hybridized carbons (Fsp3) is 0.941. The molecule has 0 bridgehead atoms. The average molecular weight is 343 g/mol. The van der Waals surface area contributed by atoms with E-state index in [-0.39, 0.29) is 23.3 Å². The number of hydrogen-bond acceptors (Lipinski definition) is 4. The standard InChI is InChI=1S/C17H30N2O3S/c20-17(14-8-11-23(21,22)12-9-14)18-13-16-7-4-10-19(16)15-5-2-1-3-6-15/h14-16H,1-13H2,(H,18,20). The molecule has 1 N–H and O–H groups in total. The predicted molar refractivity (Wildman–Crippen MR) is 91.0 cm³/mol. The molecule has 1 unspecified atom stereocenters. The minimum atomic E-state index is -2.89. The number of nitrogens with zero attached hydrogens (tertiary/aromatic N) is 1. The molecular formula is C17H30N2O3S. The Morgan fingerprint density at radius 3 is 2.35 bits per heavy atom. The van der Waals surface area contributed by atoms with Crippen LogP contribution in [0.2, 0.25) is 0 Å². The molecule has 2 saturated heterocycles. The highest BCUT2D eigenvalue weighted by Gasteiger charge is 2.33. The molecule has 1 saturated carbocycles. The van der Waals surface area contributed by atoms with Crippen molar-refractivity contribution in [3.63, 3.8) is 0 Å². The molecule has 23 heavy (non-hydrogen) atoms. The second-order valence-corrected chi connectivity index (χ2v) is 9.80. The highest BCUT2D eigenvalue weighted by atomic mass is 32.2. The Balaban J connectivity index is 1.46. The predicted octanol–water partition coefficient (Wildman–Crippen LogP) is 1.72. The molecule has 2 aliphatic heterocycles. The minimum absolute atomic E-state index is 0.0652. The number of rotatable bonds is 4. The second-order valence-electron chi connectivity index (χ2n) is 7.50. The molecule has 0 aromatic rings. The van der Waals surface area contributed by atoms with Crippen LogP contribution in [0.25, 0.3) is 0 Å². The van der Waals surface area contributed by atoms with Crippen LogP contribution >= 0.6 is 0 Å². The number of carbonyl (C=O) groups excluding carboxylic acids is 1. The van der Waals surface area contributed by atoms with Crippen molar-refractivity contribution in [2.45, 2.75) is 69.9 Å². The van der Waals surface area contributed by atoms with Gasteiger partial charge in [-0.3, -0.25) is 9.69 Å². The van der Waals surface area contributed by atoms with Gasteiger partial charge in [0, 0.05) is 24.5 Å². The molecule has 132 valence electrons. The van der Waals surface area contributed by atoms with Crippen LogP contribution in [0.15, 0.2) is 0 Å². The lowest BCUT2D eigenvalue weighted by Crippen LogP contribution is -2.47. The van der Waals surface area contributed by atoms with Crippen LogP contribution < -0.4 is 5.32 Å². The highest BCUT2D eigenvalue weighted by molar-refractivity contribution is 7.91. The Kier molecular flexibility index (Phi) is 5.62. The van der Waals surface area contributed by atoms with Crippen molar-refractivity contribution >= 4 is 15.7 Å². The summed E-state index contributed by atoms with van der Waals surface area (Å²) in [4.78, 5) is 15.0. The van der Waals surface area contributed by atoms with Gasteiger partial charge >= 0.3 is 0 Å². The third-order valence-corrected chi connectivity index (χ3v) is 7.62. The first-order valence-electron chi connectivity index (χ1n) is 9.29. The topological polar surface area (TPSA) is 66.5 Å². The summed E-state index contributed by atoms with van der Waals surface area (Å²) in [5, 5.41) is 3.12. The normalized spacial score (nSPS) is 30.3. The SMILES string of the molecule is O=C(NCC1CCCN1C1CCCCC1)C1CCS(=O)(=O)CC1. The Morgan fingerprint density at radius 2 is 1.65 bits per heavy atom. The molecule has 1 aliphatic carbocycles. The molecule has 0 aromatic heterocycles. The van der Waals surface area contributed by atoms with Crippen molar-refractivity contribution in [1.29, 1.82) is 0 Å². The Labute approximate surface area is 140 Å². The summed E-state index contributed by atoms with van der Waals surface area (Å²) in [6.07, 6.45) is 10.1. The third kappa shape index (κ3) is 4.47. The van der Waals surface area contributed by atoms with E-state index in [0.717, 1.165) is 6.54 Å². The van der Waals surface area contributed by atoms with Gasteiger partial charge in [0.1, 0.15) is 9.84 Å². The van der Waals surface area contributed by atoms with E-state index in [0.29, 0.717) is 24.9 Å². The minimum Gasteiger partial charge on any atom is -0.354 e. The molecule has 3 fully saturated rings. The van der Waals surface area contributed by atoms with E-state index in [1.54, 1.807) is 0 Å². The van der Waals surface area contributed by atoms with Crippen molar-refractivity contribution in [1.82, 2.24) is 10.2 Å². The molecule has 0 radical (unpaired) electrons. The maximum Gasteiger partial charge on any atom is 0.223 e. The van der Waals surface area contributed by atoms with Crippen molar-refractivity contribution in [3.05, 3.63) is 0 Å². The summed E-state index contributed by atoms with van der Waals surface area (Å²) in [7, 11) is -2.89. The summed E-state index contributed by atoms with van der Waals surface area (Å²) in [5.41, 5.74) is 0. The maximum absolute atomic E-state index is 12.3. The third-order valence-electron chi connectivity index (χ3n) is 5.90. The lowest BCUT2D eigenvalue weighted by molar-refractivity contribution is -0.125. The van der Waals surface area contributed by atoms with Gasteiger partial charge in [0.05, 0.1) is 11.5 Å². The van der Waals surface area contributed by atoms with Crippen LogP contribution in [-0.4, -0.2) is 55.9 Å². The summed E-state index contributed by atoms with van der Waals surface area (Å²) in [6.45, 7) is 1.91. The Bertz CT molecular complexity index is 500. The van der Waals surface area contributed by atoms with Gasteiger partial charge in [-0.25, -0.2) is 8.42 Å². The number of sulfone groups is 1. The fourth-order valence-corrected chi connectivity index (χ4v) is 5.98. The molecule has 3 rings (SSSR count). The van der Waals surface area contributed by atoms with Gasteiger partial charge in [-0.05, 0) is 45.1 Å². The number of carbonyl (C=O) groups is 1. The molecule has 5 nitrogen and oxygen atoms in total. The molecule has 0 aromatic carbocycles. The van der Waals surface area contributed by atoms with Gasteiger partial charge in [-0.1, -0.05) is 19.3 Å². The van der Waals surface area contributed by atoms with Gasteiger partial charge < -0.3 is 5.32 Å². The van der Waals surface area contributed by atoms with Crippen LogP contribution in [0.5, 0.6) is 0 Å². The van der Waals surface area contributed by atoms with Crippen LogP contribution in [-0.2, 0) is 14.6 Å². The quantitative estimate of drug-likeness (QED) is 0.845.